The van der Waals surface area contributed by atoms with E-state index < -0.39 is 5.41 Å². The van der Waals surface area contributed by atoms with Crippen LogP contribution in [0.5, 0.6) is 0 Å². The molecule has 0 bridgehead atoms. The number of hydrogen-bond donors (Lipinski definition) is 2. The molecule has 2 aromatic rings. The van der Waals surface area contributed by atoms with E-state index in [1.807, 2.05) is 30.3 Å². The summed E-state index contributed by atoms with van der Waals surface area (Å²) in [5.41, 5.74) is 7.02. The van der Waals surface area contributed by atoms with Crippen LogP contribution < -0.4 is 11.1 Å². The Morgan fingerprint density at radius 2 is 2.15 bits per heavy atom. The summed E-state index contributed by atoms with van der Waals surface area (Å²) in [4.78, 5) is 16.9. The van der Waals surface area contributed by atoms with Crippen LogP contribution in [0.25, 0.3) is 10.9 Å². The Labute approximate surface area is 118 Å². The minimum absolute atomic E-state index is 0.0243. The molecule has 0 atom stereocenters. The van der Waals surface area contributed by atoms with Crippen LogP contribution in [-0.2, 0) is 4.79 Å². The largest absolute Gasteiger partial charge is 0.329 e. The standard InChI is InChI=1S/C16H19N3O/c1-11-8-16(9-11,10-17)15(20)19-13-6-2-4-12-5-3-7-18-14(12)13/h2-7,11H,8-10,17H2,1H3,(H,19,20). The van der Waals surface area contributed by atoms with Crippen molar-refractivity contribution >= 4 is 22.5 Å². The summed E-state index contributed by atoms with van der Waals surface area (Å²) in [5, 5.41) is 4.04. The van der Waals surface area contributed by atoms with Crippen LogP contribution >= 0.6 is 0 Å². The van der Waals surface area contributed by atoms with Gasteiger partial charge in [-0.1, -0.05) is 25.1 Å². The van der Waals surface area contributed by atoms with Crippen LogP contribution in [-0.4, -0.2) is 17.4 Å². The molecule has 0 unspecified atom stereocenters. The highest BCUT2D eigenvalue weighted by atomic mass is 16.2. The third-order valence-electron chi connectivity index (χ3n) is 4.23. The predicted molar refractivity (Wildman–Crippen MR) is 80.3 cm³/mol. The smallest absolute Gasteiger partial charge is 0.231 e. The molecule has 0 spiro atoms. The van der Waals surface area contributed by atoms with E-state index in [1.165, 1.54) is 0 Å². The number of anilines is 1. The average Bonchev–Trinajstić information content (AvgIpc) is 2.44. The second kappa shape index (κ2) is 4.87. The number of hydrogen-bond acceptors (Lipinski definition) is 3. The van der Waals surface area contributed by atoms with E-state index in [-0.39, 0.29) is 5.91 Å². The molecule has 20 heavy (non-hydrogen) atoms. The van der Waals surface area contributed by atoms with Crippen molar-refractivity contribution in [2.45, 2.75) is 19.8 Å². The first-order valence-electron chi connectivity index (χ1n) is 7.00. The molecule has 0 radical (unpaired) electrons. The Hall–Kier alpha value is -1.94. The molecular weight excluding hydrogens is 250 g/mol. The molecule has 3 rings (SSSR count). The molecule has 1 aromatic carbocycles. The third-order valence-corrected chi connectivity index (χ3v) is 4.23. The van der Waals surface area contributed by atoms with Crippen molar-refractivity contribution in [2.24, 2.45) is 17.1 Å². The van der Waals surface area contributed by atoms with Crippen LogP contribution in [0.2, 0.25) is 0 Å². The average molecular weight is 269 g/mol. The predicted octanol–water partition coefficient (Wildman–Crippen LogP) is 2.55. The zero-order chi connectivity index (χ0) is 14.2. The van der Waals surface area contributed by atoms with E-state index in [1.54, 1.807) is 6.20 Å². The highest BCUT2D eigenvalue weighted by Gasteiger charge is 2.47. The first-order valence-corrected chi connectivity index (χ1v) is 7.00. The van der Waals surface area contributed by atoms with E-state index in [2.05, 4.69) is 17.2 Å². The maximum atomic E-state index is 12.5. The molecule has 1 heterocycles. The van der Waals surface area contributed by atoms with Gasteiger partial charge in [0.05, 0.1) is 16.6 Å². The summed E-state index contributed by atoms with van der Waals surface area (Å²) >= 11 is 0. The summed E-state index contributed by atoms with van der Waals surface area (Å²) in [6.07, 6.45) is 3.48. The van der Waals surface area contributed by atoms with Gasteiger partial charge in [0.25, 0.3) is 0 Å². The summed E-state index contributed by atoms with van der Waals surface area (Å²) in [5.74, 6) is 0.603. The van der Waals surface area contributed by atoms with Gasteiger partial charge in [-0.15, -0.1) is 0 Å². The Kier molecular flexibility index (Phi) is 3.18. The molecule has 1 saturated carbocycles. The highest BCUT2D eigenvalue weighted by Crippen LogP contribution is 2.45. The van der Waals surface area contributed by atoms with E-state index in [0.717, 1.165) is 29.4 Å². The molecule has 0 saturated heterocycles. The Bertz CT molecular complexity index is 642. The number of carbonyl (C=O) groups is 1. The van der Waals surface area contributed by atoms with Gasteiger partial charge in [0, 0.05) is 18.1 Å². The molecule has 1 aromatic heterocycles. The molecule has 1 aliphatic rings. The number of carbonyl (C=O) groups excluding carboxylic acids is 1. The van der Waals surface area contributed by atoms with Gasteiger partial charge in [-0.2, -0.15) is 0 Å². The number of nitrogens with zero attached hydrogens (tertiary/aromatic N) is 1. The van der Waals surface area contributed by atoms with Crippen molar-refractivity contribution in [1.29, 1.82) is 0 Å². The fraction of sp³-hybridized carbons (Fsp3) is 0.375. The Morgan fingerprint density at radius 3 is 2.85 bits per heavy atom. The molecular formula is C16H19N3O. The molecule has 1 aliphatic carbocycles. The first kappa shape index (κ1) is 13.1. The lowest BCUT2D eigenvalue weighted by molar-refractivity contribution is -0.132. The zero-order valence-corrected chi connectivity index (χ0v) is 11.6. The van der Waals surface area contributed by atoms with Crippen molar-refractivity contribution in [3.05, 3.63) is 36.5 Å². The van der Waals surface area contributed by atoms with E-state index in [0.29, 0.717) is 12.5 Å². The molecule has 4 heteroatoms. The monoisotopic (exact) mass is 269 g/mol. The molecule has 1 amide bonds. The fourth-order valence-electron chi connectivity index (χ4n) is 3.18. The minimum Gasteiger partial charge on any atom is -0.329 e. The van der Waals surface area contributed by atoms with Crippen LogP contribution in [0.15, 0.2) is 36.5 Å². The van der Waals surface area contributed by atoms with E-state index in [9.17, 15) is 4.79 Å². The molecule has 4 nitrogen and oxygen atoms in total. The van der Waals surface area contributed by atoms with Gasteiger partial charge in [-0.25, -0.2) is 0 Å². The van der Waals surface area contributed by atoms with Crippen LogP contribution in [0.3, 0.4) is 0 Å². The summed E-state index contributed by atoms with van der Waals surface area (Å²) in [6.45, 7) is 2.56. The topological polar surface area (TPSA) is 68.0 Å². The molecule has 3 N–H and O–H groups in total. The lowest BCUT2D eigenvalue weighted by atomic mass is 9.62. The summed E-state index contributed by atoms with van der Waals surface area (Å²) < 4.78 is 0. The highest BCUT2D eigenvalue weighted by molar-refractivity contribution is 6.02. The lowest BCUT2D eigenvalue weighted by Gasteiger charge is -2.44. The number of para-hydroxylation sites is 1. The fourth-order valence-corrected chi connectivity index (χ4v) is 3.18. The quantitative estimate of drug-likeness (QED) is 0.899. The van der Waals surface area contributed by atoms with Crippen molar-refractivity contribution in [3.8, 4) is 0 Å². The Balaban J connectivity index is 1.88. The third kappa shape index (κ3) is 2.06. The lowest BCUT2D eigenvalue weighted by Crippen LogP contribution is -2.51. The van der Waals surface area contributed by atoms with Gasteiger partial charge in [0.1, 0.15) is 0 Å². The van der Waals surface area contributed by atoms with Crippen LogP contribution in [0.1, 0.15) is 19.8 Å². The number of benzene rings is 1. The van der Waals surface area contributed by atoms with Crippen molar-refractivity contribution in [2.75, 3.05) is 11.9 Å². The van der Waals surface area contributed by atoms with Gasteiger partial charge in [0.2, 0.25) is 5.91 Å². The summed E-state index contributed by atoms with van der Waals surface area (Å²) in [6, 6.07) is 9.69. The molecule has 0 aliphatic heterocycles. The van der Waals surface area contributed by atoms with Gasteiger partial charge in [0.15, 0.2) is 0 Å². The number of fused-ring (bicyclic) bond motifs is 1. The van der Waals surface area contributed by atoms with Crippen LogP contribution in [0, 0.1) is 11.3 Å². The Morgan fingerprint density at radius 1 is 1.40 bits per heavy atom. The van der Waals surface area contributed by atoms with Crippen molar-refractivity contribution in [1.82, 2.24) is 4.98 Å². The second-order valence-electron chi connectivity index (χ2n) is 5.83. The number of nitrogens with two attached hydrogens (primary N) is 1. The van der Waals surface area contributed by atoms with E-state index in [4.69, 9.17) is 5.73 Å². The minimum atomic E-state index is -0.392. The van der Waals surface area contributed by atoms with Crippen LogP contribution in [0.4, 0.5) is 5.69 Å². The number of pyridine rings is 1. The first-order chi connectivity index (χ1) is 9.64. The van der Waals surface area contributed by atoms with Gasteiger partial charge in [-0.3, -0.25) is 9.78 Å². The number of rotatable bonds is 3. The van der Waals surface area contributed by atoms with Gasteiger partial charge in [-0.05, 0) is 30.9 Å². The normalized spacial score (nSPS) is 25.2. The van der Waals surface area contributed by atoms with Crippen molar-refractivity contribution < 1.29 is 4.79 Å². The zero-order valence-electron chi connectivity index (χ0n) is 11.6. The van der Waals surface area contributed by atoms with Gasteiger partial charge < -0.3 is 11.1 Å². The van der Waals surface area contributed by atoms with Gasteiger partial charge >= 0.3 is 0 Å². The SMILES string of the molecule is CC1CC(CN)(C(=O)Nc2cccc3cccnc23)C1. The second-order valence-corrected chi connectivity index (χ2v) is 5.83. The van der Waals surface area contributed by atoms with E-state index >= 15 is 0 Å². The molecule has 1 fully saturated rings. The van der Waals surface area contributed by atoms with Crippen molar-refractivity contribution in [3.63, 3.8) is 0 Å². The molecule has 104 valence electrons. The number of nitrogens with one attached hydrogen (secondary N) is 1. The summed E-state index contributed by atoms with van der Waals surface area (Å²) in [7, 11) is 0. The number of aromatic nitrogens is 1. The number of amides is 1. The maximum absolute atomic E-state index is 12.5. The maximum Gasteiger partial charge on any atom is 0.231 e.